The molecule has 0 aliphatic carbocycles. The fourth-order valence-electron chi connectivity index (χ4n) is 3.72. The SMILES string of the molecule is Cc1cccc(C)c1-c1cccc(COc2ccc(CC3SC(=O)NC3=O)cc2)c1. The van der Waals surface area contributed by atoms with Crippen LogP contribution in [0.2, 0.25) is 0 Å². The van der Waals surface area contributed by atoms with Crippen LogP contribution in [0.5, 0.6) is 5.75 Å². The molecule has 1 atom stereocenters. The highest BCUT2D eigenvalue weighted by Crippen LogP contribution is 2.28. The Morgan fingerprint density at radius 2 is 1.60 bits per heavy atom. The number of aryl methyl sites for hydroxylation is 2. The molecular weight excluding hydrogens is 394 g/mol. The summed E-state index contributed by atoms with van der Waals surface area (Å²) < 4.78 is 5.97. The van der Waals surface area contributed by atoms with Gasteiger partial charge in [0.1, 0.15) is 12.4 Å². The van der Waals surface area contributed by atoms with Crippen LogP contribution in [0.4, 0.5) is 4.79 Å². The number of hydrogen-bond donors (Lipinski definition) is 1. The Morgan fingerprint density at radius 1 is 0.900 bits per heavy atom. The van der Waals surface area contributed by atoms with E-state index in [2.05, 4.69) is 61.6 Å². The average Bonchev–Trinajstić information content (AvgIpc) is 3.04. The highest BCUT2D eigenvalue weighted by Gasteiger charge is 2.31. The molecule has 1 N–H and O–H groups in total. The van der Waals surface area contributed by atoms with Crippen LogP contribution in [0.15, 0.2) is 66.7 Å². The zero-order valence-electron chi connectivity index (χ0n) is 17.0. The largest absolute Gasteiger partial charge is 0.489 e. The summed E-state index contributed by atoms with van der Waals surface area (Å²) in [5, 5.41) is 1.70. The van der Waals surface area contributed by atoms with E-state index >= 15 is 0 Å². The number of amides is 2. The van der Waals surface area contributed by atoms with Crippen molar-refractivity contribution in [1.82, 2.24) is 5.32 Å². The van der Waals surface area contributed by atoms with Gasteiger partial charge in [0.2, 0.25) is 5.91 Å². The topological polar surface area (TPSA) is 55.4 Å². The van der Waals surface area contributed by atoms with Crippen LogP contribution >= 0.6 is 11.8 Å². The van der Waals surface area contributed by atoms with E-state index in [0.29, 0.717) is 13.0 Å². The Balaban J connectivity index is 1.40. The smallest absolute Gasteiger partial charge is 0.286 e. The second kappa shape index (κ2) is 8.76. The van der Waals surface area contributed by atoms with Crippen molar-refractivity contribution in [3.05, 3.63) is 89.0 Å². The van der Waals surface area contributed by atoms with Gasteiger partial charge in [0.15, 0.2) is 0 Å². The number of carbonyl (C=O) groups is 2. The standard InChI is InChI=1S/C25H23NO3S/c1-16-5-3-6-17(2)23(16)20-8-4-7-19(13-20)15-29-21-11-9-18(10-12-21)14-22-24(27)26-25(28)30-22/h3-13,22H,14-15H2,1-2H3,(H,26,27,28). The monoisotopic (exact) mass is 417 g/mol. The lowest BCUT2D eigenvalue weighted by molar-refractivity contribution is -0.118. The van der Waals surface area contributed by atoms with E-state index in [1.54, 1.807) is 0 Å². The molecule has 1 aliphatic heterocycles. The Bertz CT molecular complexity index is 1070. The molecule has 2 amide bonds. The minimum atomic E-state index is -0.350. The highest BCUT2D eigenvalue weighted by molar-refractivity contribution is 8.15. The van der Waals surface area contributed by atoms with Gasteiger partial charge in [-0.3, -0.25) is 14.9 Å². The van der Waals surface area contributed by atoms with Crippen LogP contribution in [0.3, 0.4) is 0 Å². The molecule has 5 heteroatoms. The van der Waals surface area contributed by atoms with E-state index in [-0.39, 0.29) is 16.4 Å². The molecule has 1 heterocycles. The van der Waals surface area contributed by atoms with E-state index in [1.807, 2.05) is 24.3 Å². The maximum atomic E-state index is 11.7. The van der Waals surface area contributed by atoms with Gasteiger partial charge in [-0.05, 0) is 71.8 Å². The summed E-state index contributed by atoms with van der Waals surface area (Å²) in [4.78, 5) is 23.0. The summed E-state index contributed by atoms with van der Waals surface area (Å²) in [6.45, 7) is 4.75. The summed E-state index contributed by atoms with van der Waals surface area (Å²) in [6.07, 6.45) is 0.528. The Hall–Kier alpha value is -3.05. The minimum absolute atomic E-state index is 0.214. The third kappa shape index (κ3) is 4.57. The molecule has 0 bridgehead atoms. The van der Waals surface area contributed by atoms with Crippen molar-refractivity contribution in [3.8, 4) is 16.9 Å². The van der Waals surface area contributed by atoms with E-state index in [1.165, 1.54) is 22.3 Å². The molecule has 3 aromatic carbocycles. The average molecular weight is 418 g/mol. The summed E-state index contributed by atoms with van der Waals surface area (Å²) in [5.74, 6) is 0.560. The van der Waals surface area contributed by atoms with Gasteiger partial charge >= 0.3 is 0 Å². The van der Waals surface area contributed by atoms with Gasteiger partial charge in [-0.15, -0.1) is 0 Å². The normalized spacial score (nSPS) is 15.9. The summed E-state index contributed by atoms with van der Waals surface area (Å²) in [6, 6.07) is 22.5. The molecule has 1 aliphatic rings. The van der Waals surface area contributed by atoms with Crippen LogP contribution in [-0.4, -0.2) is 16.4 Å². The lowest BCUT2D eigenvalue weighted by Gasteiger charge is -2.12. The van der Waals surface area contributed by atoms with Crippen molar-refractivity contribution in [2.45, 2.75) is 32.1 Å². The molecule has 1 fully saturated rings. The van der Waals surface area contributed by atoms with Crippen molar-refractivity contribution in [3.63, 3.8) is 0 Å². The van der Waals surface area contributed by atoms with Crippen molar-refractivity contribution < 1.29 is 14.3 Å². The van der Waals surface area contributed by atoms with Crippen molar-refractivity contribution in [2.75, 3.05) is 0 Å². The van der Waals surface area contributed by atoms with Crippen molar-refractivity contribution in [2.24, 2.45) is 0 Å². The first-order chi connectivity index (χ1) is 14.5. The second-order valence-electron chi connectivity index (χ2n) is 7.49. The molecule has 3 aromatic rings. The predicted molar refractivity (Wildman–Crippen MR) is 121 cm³/mol. The van der Waals surface area contributed by atoms with Gasteiger partial charge in [0.25, 0.3) is 5.24 Å². The van der Waals surface area contributed by atoms with Crippen LogP contribution < -0.4 is 10.1 Å². The summed E-state index contributed by atoms with van der Waals surface area (Å²) in [5.41, 5.74) is 7.11. The van der Waals surface area contributed by atoms with E-state index in [0.717, 1.165) is 28.6 Å². The number of imide groups is 1. The Morgan fingerprint density at radius 3 is 2.27 bits per heavy atom. The molecule has 4 nitrogen and oxygen atoms in total. The zero-order chi connectivity index (χ0) is 21.1. The molecule has 30 heavy (non-hydrogen) atoms. The number of rotatable bonds is 6. The first-order valence-corrected chi connectivity index (χ1v) is 10.8. The van der Waals surface area contributed by atoms with Crippen LogP contribution in [0, 0.1) is 13.8 Å². The molecule has 152 valence electrons. The fraction of sp³-hybridized carbons (Fsp3) is 0.200. The lowest BCUT2D eigenvalue weighted by Crippen LogP contribution is -2.25. The molecule has 0 aromatic heterocycles. The van der Waals surface area contributed by atoms with E-state index < -0.39 is 0 Å². The molecule has 0 saturated carbocycles. The molecule has 0 radical (unpaired) electrons. The van der Waals surface area contributed by atoms with Crippen LogP contribution in [0.25, 0.3) is 11.1 Å². The number of carbonyl (C=O) groups excluding carboxylic acids is 2. The van der Waals surface area contributed by atoms with Crippen LogP contribution in [-0.2, 0) is 17.8 Å². The van der Waals surface area contributed by atoms with E-state index in [4.69, 9.17) is 4.74 Å². The predicted octanol–water partition coefficient (Wildman–Crippen LogP) is 5.44. The van der Waals surface area contributed by atoms with Gasteiger partial charge in [-0.2, -0.15) is 0 Å². The molecule has 0 spiro atoms. The molecule has 1 saturated heterocycles. The maximum Gasteiger partial charge on any atom is 0.286 e. The Kier molecular flexibility index (Phi) is 5.91. The number of nitrogens with one attached hydrogen (secondary N) is 1. The second-order valence-corrected chi connectivity index (χ2v) is 8.66. The molecular formula is C25H23NO3S. The lowest BCUT2D eigenvalue weighted by atomic mass is 9.95. The minimum Gasteiger partial charge on any atom is -0.489 e. The highest BCUT2D eigenvalue weighted by atomic mass is 32.2. The quantitative estimate of drug-likeness (QED) is 0.580. The van der Waals surface area contributed by atoms with Gasteiger partial charge in [-0.1, -0.05) is 60.3 Å². The summed E-state index contributed by atoms with van der Waals surface area (Å²) in [7, 11) is 0. The number of ether oxygens (including phenoxy) is 1. The third-order valence-electron chi connectivity index (χ3n) is 5.21. The van der Waals surface area contributed by atoms with Crippen molar-refractivity contribution in [1.29, 1.82) is 0 Å². The van der Waals surface area contributed by atoms with Crippen LogP contribution in [0.1, 0.15) is 22.3 Å². The molecule has 1 unspecified atom stereocenters. The number of hydrogen-bond acceptors (Lipinski definition) is 4. The van der Waals surface area contributed by atoms with Gasteiger partial charge < -0.3 is 4.74 Å². The Labute approximate surface area is 180 Å². The third-order valence-corrected chi connectivity index (χ3v) is 6.20. The van der Waals surface area contributed by atoms with Gasteiger partial charge in [-0.25, -0.2) is 0 Å². The van der Waals surface area contributed by atoms with Crippen molar-refractivity contribution >= 4 is 22.9 Å². The summed E-state index contributed by atoms with van der Waals surface area (Å²) >= 11 is 1.05. The first kappa shape index (κ1) is 20.2. The van der Waals surface area contributed by atoms with E-state index in [9.17, 15) is 9.59 Å². The first-order valence-electron chi connectivity index (χ1n) is 9.88. The van der Waals surface area contributed by atoms with Gasteiger partial charge in [0, 0.05) is 0 Å². The van der Waals surface area contributed by atoms with Gasteiger partial charge in [0.05, 0.1) is 5.25 Å². The number of thioether (sulfide) groups is 1. The number of benzene rings is 3. The molecule has 4 rings (SSSR count). The zero-order valence-corrected chi connectivity index (χ0v) is 17.8. The maximum absolute atomic E-state index is 11.7. The fourth-order valence-corrected chi connectivity index (χ4v) is 4.58.